The fourth-order valence-corrected chi connectivity index (χ4v) is 4.02. The molecule has 26 heavy (non-hydrogen) atoms. The maximum atomic E-state index is 13.9. The molecule has 0 bridgehead atoms. The lowest BCUT2D eigenvalue weighted by atomic mass is 10.0. The van der Waals surface area contributed by atoms with Crippen LogP contribution >= 0.6 is 23.4 Å². The third-order valence-electron chi connectivity index (χ3n) is 3.92. The molecular weight excluding hydrogens is 379 g/mol. The first-order valence-electron chi connectivity index (χ1n) is 8.26. The van der Waals surface area contributed by atoms with E-state index < -0.39 is 28.3 Å². The molecule has 0 radical (unpaired) electrons. The molecule has 1 aliphatic rings. The Balaban J connectivity index is 2.14. The van der Waals surface area contributed by atoms with Crippen molar-refractivity contribution in [1.29, 1.82) is 0 Å². The highest BCUT2D eigenvalue weighted by molar-refractivity contribution is 8.00. The third-order valence-corrected chi connectivity index (χ3v) is 5.65. The number of ether oxygens (including phenoxy) is 1. The number of nitrogens with one attached hydrogen (secondary N) is 1. The molecule has 0 aliphatic carbocycles. The van der Waals surface area contributed by atoms with Gasteiger partial charge in [-0.15, -0.1) is 11.8 Å². The Bertz CT molecular complexity index is 686. The number of hydrogen-bond acceptors (Lipinski definition) is 4. The monoisotopic (exact) mass is 402 g/mol. The molecule has 1 aliphatic heterocycles. The van der Waals surface area contributed by atoms with Crippen LogP contribution in [0.15, 0.2) is 18.2 Å². The predicted octanol–water partition coefficient (Wildman–Crippen LogP) is 4.18. The van der Waals surface area contributed by atoms with Gasteiger partial charge in [-0.25, -0.2) is 9.18 Å². The van der Waals surface area contributed by atoms with Gasteiger partial charge in [-0.1, -0.05) is 17.7 Å². The van der Waals surface area contributed by atoms with E-state index in [0.717, 1.165) is 0 Å². The summed E-state index contributed by atoms with van der Waals surface area (Å²) in [5.74, 6) is -0.507. The van der Waals surface area contributed by atoms with Crippen molar-refractivity contribution in [2.24, 2.45) is 0 Å². The zero-order valence-corrected chi connectivity index (χ0v) is 17.1. The van der Waals surface area contributed by atoms with Crippen molar-refractivity contribution in [1.82, 2.24) is 10.2 Å². The molecule has 1 heterocycles. The van der Waals surface area contributed by atoms with Gasteiger partial charge in [-0.2, -0.15) is 0 Å². The minimum atomic E-state index is -0.729. The van der Waals surface area contributed by atoms with Gasteiger partial charge in [0.2, 0.25) is 5.91 Å². The summed E-state index contributed by atoms with van der Waals surface area (Å²) in [7, 11) is 0. The molecule has 0 aromatic heterocycles. The number of carbonyl (C=O) groups is 2. The summed E-state index contributed by atoms with van der Waals surface area (Å²) < 4.78 is 18.8. The lowest BCUT2D eigenvalue weighted by molar-refractivity contribution is -0.126. The summed E-state index contributed by atoms with van der Waals surface area (Å²) in [6.45, 7) is 9.05. The number of hydrogen-bond donors (Lipinski definition) is 1. The van der Waals surface area contributed by atoms with Crippen molar-refractivity contribution in [2.75, 3.05) is 5.88 Å². The number of thioether (sulfide) groups is 1. The van der Waals surface area contributed by atoms with Gasteiger partial charge in [0.15, 0.2) is 0 Å². The minimum Gasteiger partial charge on any atom is -0.444 e. The molecule has 0 saturated carbocycles. The highest BCUT2D eigenvalue weighted by Gasteiger charge is 2.49. The van der Waals surface area contributed by atoms with Gasteiger partial charge in [0.25, 0.3) is 0 Å². The zero-order valence-electron chi connectivity index (χ0n) is 15.6. The maximum absolute atomic E-state index is 13.9. The van der Waals surface area contributed by atoms with Crippen molar-refractivity contribution in [3.63, 3.8) is 0 Å². The summed E-state index contributed by atoms with van der Waals surface area (Å²) in [5.41, 5.74) is -0.439. The summed E-state index contributed by atoms with van der Waals surface area (Å²) in [4.78, 5) is 26.7. The highest BCUT2D eigenvalue weighted by Crippen LogP contribution is 2.40. The van der Waals surface area contributed by atoms with Crippen LogP contribution in [-0.2, 0) is 16.1 Å². The van der Waals surface area contributed by atoms with Gasteiger partial charge in [-0.3, -0.25) is 9.69 Å². The predicted molar refractivity (Wildman–Crippen MR) is 102 cm³/mol. The van der Waals surface area contributed by atoms with E-state index in [1.165, 1.54) is 28.8 Å². The van der Waals surface area contributed by atoms with Crippen molar-refractivity contribution < 1.29 is 18.7 Å². The van der Waals surface area contributed by atoms with Crippen LogP contribution in [0.3, 0.4) is 0 Å². The highest BCUT2D eigenvalue weighted by atomic mass is 35.5. The largest absolute Gasteiger partial charge is 0.444 e. The standard InChI is InChI=1S/C18H24ClFN2O3S/c1-17(2,3)25-16(24)22-10-26-18(4,5)14(22)15(23)21-9-11-12(19)7-6-8-13(11)20/h6-8,14H,9-10H2,1-5H3,(H,21,23)/t14-/m1/s1. The molecule has 1 N–H and O–H groups in total. The van der Waals surface area contributed by atoms with Gasteiger partial charge in [0, 0.05) is 21.9 Å². The third kappa shape index (κ3) is 4.82. The molecule has 144 valence electrons. The van der Waals surface area contributed by atoms with Crippen molar-refractivity contribution in [3.8, 4) is 0 Å². The van der Waals surface area contributed by atoms with Crippen molar-refractivity contribution in [2.45, 2.75) is 57.6 Å². The molecule has 1 atom stereocenters. The van der Waals surface area contributed by atoms with E-state index in [1.54, 1.807) is 26.8 Å². The summed E-state index contributed by atoms with van der Waals surface area (Å²) in [6, 6.07) is 3.63. The van der Waals surface area contributed by atoms with E-state index in [0.29, 0.717) is 5.88 Å². The fraction of sp³-hybridized carbons (Fsp3) is 0.556. The molecule has 2 rings (SSSR count). The van der Waals surface area contributed by atoms with E-state index in [9.17, 15) is 14.0 Å². The van der Waals surface area contributed by atoms with Gasteiger partial charge in [-0.05, 0) is 46.8 Å². The SMILES string of the molecule is CC(C)(C)OC(=O)N1CSC(C)(C)[C@H]1C(=O)NCc1c(F)cccc1Cl. The first-order valence-corrected chi connectivity index (χ1v) is 9.63. The van der Waals surface area contributed by atoms with E-state index in [4.69, 9.17) is 16.3 Å². The van der Waals surface area contributed by atoms with Crippen LogP contribution in [0.5, 0.6) is 0 Å². The van der Waals surface area contributed by atoms with Crippen LogP contribution in [0.2, 0.25) is 5.02 Å². The molecule has 1 fully saturated rings. The van der Waals surface area contributed by atoms with Crippen LogP contribution < -0.4 is 5.32 Å². The number of amides is 2. The summed E-state index contributed by atoms with van der Waals surface area (Å²) >= 11 is 7.49. The van der Waals surface area contributed by atoms with E-state index in [1.807, 2.05) is 13.8 Å². The molecule has 5 nitrogen and oxygen atoms in total. The summed E-state index contributed by atoms with van der Waals surface area (Å²) in [5, 5.41) is 2.94. The quantitative estimate of drug-likeness (QED) is 0.823. The van der Waals surface area contributed by atoms with E-state index in [-0.39, 0.29) is 23.0 Å². The van der Waals surface area contributed by atoms with E-state index in [2.05, 4.69) is 5.32 Å². The first-order chi connectivity index (χ1) is 11.9. The molecule has 2 amide bonds. The zero-order chi connectivity index (χ0) is 19.7. The van der Waals surface area contributed by atoms with Gasteiger partial charge >= 0.3 is 6.09 Å². The molecule has 8 heteroatoms. The van der Waals surface area contributed by atoms with E-state index >= 15 is 0 Å². The Hall–Kier alpha value is -1.47. The number of rotatable bonds is 3. The Morgan fingerprint density at radius 2 is 2.08 bits per heavy atom. The number of carbonyl (C=O) groups excluding carboxylic acids is 2. The summed E-state index contributed by atoms with van der Waals surface area (Å²) in [6.07, 6.45) is -0.542. The molecule has 0 spiro atoms. The topological polar surface area (TPSA) is 58.6 Å². The van der Waals surface area contributed by atoms with Crippen LogP contribution in [0, 0.1) is 5.82 Å². The first kappa shape index (κ1) is 20.8. The lowest BCUT2D eigenvalue weighted by Crippen LogP contribution is -2.54. The molecule has 1 aromatic carbocycles. The van der Waals surface area contributed by atoms with Crippen LogP contribution in [0.4, 0.5) is 9.18 Å². The Morgan fingerprint density at radius 3 is 2.65 bits per heavy atom. The normalized spacial score (nSPS) is 19.3. The Labute approximate surface area is 162 Å². The van der Waals surface area contributed by atoms with Crippen LogP contribution in [0.25, 0.3) is 0 Å². The van der Waals surface area contributed by atoms with Crippen molar-refractivity contribution >= 4 is 35.4 Å². The average Bonchev–Trinajstić information content (AvgIpc) is 2.80. The van der Waals surface area contributed by atoms with Gasteiger partial charge in [0.05, 0.1) is 5.88 Å². The van der Waals surface area contributed by atoms with Gasteiger partial charge < -0.3 is 10.1 Å². The Kier molecular flexibility index (Phi) is 6.13. The number of halogens is 2. The average molecular weight is 403 g/mol. The smallest absolute Gasteiger partial charge is 0.411 e. The lowest BCUT2D eigenvalue weighted by Gasteiger charge is -2.31. The number of benzene rings is 1. The minimum absolute atomic E-state index is 0.0518. The molecule has 0 unspecified atom stereocenters. The van der Waals surface area contributed by atoms with Crippen LogP contribution in [0.1, 0.15) is 40.2 Å². The second-order valence-electron chi connectivity index (χ2n) is 7.65. The number of nitrogens with zero attached hydrogens (tertiary/aromatic N) is 1. The van der Waals surface area contributed by atoms with Gasteiger partial charge in [0.1, 0.15) is 17.5 Å². The molecule has 1 aromatic rings. The Morgan fingerprint density at radius 1 is 1.42 bits per heavy atom. The maximum Gasteiger partial charge on any atom is 0.411 e. The van der Waals surface area contributed by atoms with Crippen molar-refractivity contribution in [3.05, 3.63) is 34.6 Å². The fourth-order valence-electron chi connectivity index (χ4n) is 2.67. The second-order valence-corrected chi connectivity index (χ2v) is 9.65. The second kappa shape index (κ2) is 7.64. The van der Waals surface area contributed by atoms with Crippen LogP contribution in [-0.4, -0.2) is 39.2 Å². The molecular formula is C18H24ClFN2O3S. The molecule has 1 saturated heterocycles.